The summed E-state index contributed by atoms with van der Waals surface area (Å²) in [6, 6.07) is 7.75. The van der Waals surface area contributed by atoms with Crippen LogP contribution in [0.25, 0.3) is 0 Å². The first kappa shape index (κ1) is 11.2. The molecule has 1 rings (SSSR count). The van der Waals surface area contributed by atoms with Crippen molar-refractivity contribution in [1.82, 2.24) is 5.32 Å². The van der Waals surface area contributed by atoms with Crippen molar-refractivity contribution in [3.05, 3.63) is 34.3 Å². The molecule has 3 N–H and O–H groups in total. The maximum Gasteiger partial charge on any atom is 0.234 e. The van der Waals surface area contributed by atoms with Crippen LogP contribution in [0.4, 0.5) is 0 Å². The third kappa shape index (κ3) is 2.82. The van der Waals surface area contributed by atoms with E-state index in [2.05, 4.69) is 21.2 Å². The lowest BCUT2D eigenvalue weighted by Gasteiger charge is -2.14. The summed E-state index contributed by atoms with van der Waals surface area (Å²) >= 11 is 3.43. The molecule has 0 heterocycles. The highest BCUT2D eigenvalue weighted by Gasteiger charge is 2.10. The standard InChI is InChI=1S/C10H13BrN2O/c1-7(13-10(14)6-12)8-4-2-3-5-9(8)11/h2-5,7H,6,12H2,1H3,(H,13,14)/t7-/m1/s1. The Morgan fingerprint density at radius 3 is 2.79 bits per heavy atom. The Morgan fingerprint density at radius 1 is 1.57 bits per heavy atom. The number of nitrogens with one attached hydrogen (secondary N) is 1. The molecule has 0 radical (unpaired) electrons. The van der Waals surface area contributed by atoms with Crippen LogP contribution in [-0.2, 0) is 4.79 Å². The van der Waals surface area contributed by atoms with Crippen molar-refractivity contribution < 1.29 is 4.79 Å². The molecule has 0 bridgehead atoms. The number of amides is 1. The number of carbonyl (C=O) groups excluding carboxylic acids is 1. The van der Waals surface area contributed by atoms with Gasteiger partial charge in [0.05, 0.1) is 12.6 Å². The second kappa shape index (κ2) is 5.12. The maximum atomic E-state index is 11.1. The van der Waals surface area contributed by atoms with Crippen LogP contribution in [0.5, 0.6) is 0 Å². The first-order valence-corrected chi connectivity index (χ1v) is 5.18. The van der Waals surface area contributed by atoms with Crippen molar-refractivity contribution in [1.29, 1.82) is 0 Å². The molecular weight excluding hydrogens is 244 g/mol. The quantitative estimate of drug-likeness (QED) is 0.863. The average Bonchev–Trinajstić information content (AvgIpc) is 2.18. The lowest BCUT2D eigenvalue weighted by atomic mass is 10.1. The molecule has 0 aliphatic heterocycles. The molecule has 1 aromatic carbocycles. The minimum absolute atomic E-state index is 0.0226. The van der Waals surface area contributed by atoms with Gasteiger partial charge in [0.25, 0.3) is 0 Å². The Morgan fingerprint density at radius 2 is 2.21 bits per heavy atom. The molecule has 0 fully saturated rings. The summed E-state index contributed by atoms with van der Waals surface area (Å²) in [5, 5.41) is 2.79. The van der Waals surface area contributed by atoms with Crippen LogP contribution in [0.15, 0.2) is 28.7 Å². The van der Waals surface area contributed by atoms with Crippen molar-refractivity contribution in [2.24, 2.45) is 5.73 Å². The molecule has 0 saturated carbocycles. The molecule has 0 aliphatic carbocycles. The summed E-state index contributed by atoms with van der Waals surface area (Å²) in [6.45, 7) is 1.95. The summed E-state index contributed by atoms with van der Waals surface area (Å²) in [5.74, 6) is -0.145. The number of hydrogen-bond donors (Lipinski definition) is 2. The van der Waals surface area contributed by atoms with Gasteiger partial charge in [0.1, 0.15) is 0 Å². The van der Waals surface area contributed by atoms with E-state index in [1.807, 2.05) is 31.2 Å². The molecule has 14 heavy (non-hydrogen) atoms. The van der Waals surface area contributed by atoms with E-state index >= 15 is 0 Å². The lowest BCUT2D eigenvalue weighted by Crippen LogP contribution is -2.32. The monoisotopic (exact) mass is 256 g/mol. The van der Waals surface area contributed by atoms with Crippen molar-refractivity contribution in [3.8, 4) is 0 Å². The molecule has 0 spiro atoms. The fourth-order valence-corrected chi connectivity index (χ4v) is 1.83. The summed E-state index contributed by atoms with van der Waals surface area (Å²) < 4.78 is 0.991. The zero-order chi connectivity index (χ0) is 10.6. The van der Waals surface area contributed by atoms with Gasteiger partial charge in [-0.15, -0.1) is 0 Å². The van der Waals surface area contributed by atoms with Crippen LogP contribution in [0.3, 0.4) is 0 Å². The summed E-state index contributed by atoms with van der Waals surface area (Å²) in [5.41, 5.74) is 6.26. The first-order valence-electron chi connectivity index (χ1n) is 4.39. The van der Waals surface area contributed by atoms with E-state index in [0.717, 1.165) is 10.0 Å². The van der Waals surface area contributed by atoms with Crippen LogP contribution in [0.2, 0.25) is 0 Å². The fourth-order valence-electron chi connectivity index (χ4n) is 1.20. The fraction of sp³-hybridized carbons (Fsp3) is 0.300. The Balaban J connectivity index is 2.74. The molecule has 76 valence electrons. The molecule has 3 nitrogen and oxygen atoms in total. The van der Waals surface area contributed by atoms with Crippen molar-refractivity contribution in [3.63, 3.8) is 0 Å². The Labute approximate surface area is 91.8 Å². The SMILES string of the molecule is C[C@@H](NC(=O)CN)c1ccccc1Br. The van der Waals surface area contributed by atoms with Crippen LogP contribution in [0, 0.1) is 0 Å². The van der Waals surface area contributed by atoms with Gasteiger partial charge in [-0.1, -0.05) is 34.1 Å². The molecule has 1 aromatic rings. The number of carbonyl (C=O) groups is 1. The number of rotatable bonds is 3. The lowest BCUT2D eigenvalue weighted by molar-refractivity contribution is -0.120. The zero-order valence-corrected chi connectivity index (χ0v) is 9.54. The van der Waals surface area contributed by atoms with Crippen LogP contribution >= 0.6 is 15.9 Å². The highest BCUT2D eigenvalue weighted by atomic mass is 79.9. The van der Waals surface area contributed by atoms with E-state index in [4.69, 9.17) is 5.73 Å². The van der Waals surface area contributed by atoms with Crippen LogP contribution in [-0.4, -0.2) is 12.5 Å². The van der Waals surface area contributed by atoms with Gasteiger partial charge in [-0.25, -0.2) is 0 Å². The van der Waals surface area contributed by atoms with Gasteiger partial charge in [-0.2, -0.15) is 0 Å². The van der Waals surface area contributed by atoms with Gasteiger partial charge in [-0.3, -0.25) is 4.79 Å². The third-order valence-corrected chi connectivity index (χ3v) is 2.66. The van der Waals surface area contributed by atoms with E-state index in [0.29, 0.717) is 0 Å². The number of halogens is 1. The molecule has 0 unspecified atom stereocenters. The second-order valence-electron chi connectivity index (χ2n) is 3.01. The van der Waals surface area contributed by atoms with E-state index in [9.17, 15) is 4.79 Å². The zero-order valence-electron chi connectivity index (χ0n) is 7.96. The second-order valence-corrected chi connectivity index (χ2v) is 3.87. The Hall–Kier alpha value is -0.870. The van der Waals surface area contributed by atoms with Crippen LogP contribution < -0.4 is 11.1 Å². The van der Waals surface area contributed by atoms with Gasteiger partial charge in [0, 0.05) is 4.47 Å². The number of hydrogen-bond acceptors (Lipinski definition) is 2. The van der Waals surface area contributed by atoms with E-state index < -0.39 is 0 Å². The smallest absolute Gasteiger partial charge is 0.234 e. The molecule has 0 saturated heterocycles. The van der Waals surface area contributed by atoms with Gasteiger partial charge in [0.15, 0.2) is 0 Å². The van der Waals surface area contributed by atoms with Crippen molar-refractivity contribution >= 4 is 21.8 Å². The molecule has 4 heteroatoms. The minimum Gasteiger partial charge on any atom is -0.348 e. The predicted molar refractivity (Wildman–Crippen MR) is 59.8 cm³/mol. The largest absolute Gasteiger partial charge is 0.348 e. The topological polar surface area (TPSA) is 55.1 Å². The van der Waals surface area contributed by atoms with Gasteiger partial charge < -0.3 is 11.1 Å². The summed E-state index contributed by atoms with van der Waals surface area (Å²) in [7, 11) is 0. The minimum atomic E-state index is -0.145. The highest BCUT2D eigenvalue weighted by Crippen LogP contribution is 2.22. The van der Waals surface area contributed by atoms with E-state index in [1.165, 1.54) is 0 Å². The Kier molecular flexibility index (Phi) is 4.10. The normalized spacial score (nSPS) is 12.2. The van der Waals surface area contributed by atoms with Gasteiger partial charge >= 0.3 is 0 Å². The molecular formula is C10H13BrN2O. The van der Waals surface area contributed by atoms with Gasteiger partial charge in [0.2, 0.25) is 5.91 Å². The predicted octanol–water partition coefficient (Wildman–Crippen LogP) is 1.58. The highest BCUT2D eigenvalue weighted by molar-refractivity contribution is 9.10. The van der Waals surface area contributed by atoms with Gasteiger partial charge in [-0.05, 0) is 18.6 Å². The van der Waals surface area contributed by atoms with Crippen molar-refractivity contribution in [2.75, 3.05) is 6.54 Å². The third-order valence-electron chi connectivity index (χ3n) is 1.93. The van der Waals surface area contributed by atoms with E-state index in [1.54, 1.807) is 0 Å². The molecule has 1 amide bonds. The summed E-state index contributed by atoms with van der Waals surface area (Å²) in [6.07, 6.45) is 0. The summed E-state index contributed by atoms with van der Waals surface area (Å²) in [4.78, 5) is 11.1. The molecule has 1 atom stereocenters. The number of benzene rings is 1. The first-order chi connectivity index (χ1) is 6.65. The van der Waals surface area contributed by atoms with E-state index in [-0.39, 0.29) is 18.5 Å². The molecule has 0 aromatic heterocycles. The maximum absolute atomic E-state index is 11.1. The average molecular weight is 257 g/mol. The molecule has 0 aliphatic rings. The Bertz CT molecular complexity index is 328. The number of nitrogens with two attached hydrogens (primary N) is 1. The van der Waals surface area contributed by atoms with Crippen molar-refractivity contribution in [2.45, 2.75) is 13.0 Å². The van der Waals surface area contributed by atoms with Crippen LogP contribution in [0.1, 0.15) is 18.5 Å².